The first-order valence-corrected chi connectivity index (χ1v) is 6.35. The number of nitrogens with two attached hydrogens (primary N) is 1. The van der Waals surface area contributed by atoms with Gasteiger partial charge in [-0.2, -0.15) is 5.10 Å². The van der Waals surface area contributed by atoms with E-state index in [1.54, 1.807) is 0 Å². The van der Waals surface area contributed by atoms with Crippen molar-refractivity contribution in [2.24, 2.45) is 0 Å². The largest absolute Gasteiger partial charge is 0.395 e. The third-order valence-corrected chi connectivity index (χ3v) is 3.29. The minimum atomic E-state index is -0.985. The van der Waals surface area contributed by atoms with E-state index in [-0.39, 0.29) is 30.7 Å². The highest BCUT2D eigenvalue weighted by molar-refractivity contribution is 5.97. The summed E-state index contributed by atoms with van der Waals surface area (Å²) in [5.41, 5.74) is 6.17. The number of ether oxygens (including phenoxy) is 1. The first kappa shape index (κ1) is 13.8. The van der Waals surface area contributed by atoms with Gasteiger partial charge in [-0.15, -0.1) is 0 Å². The zero-order valence-electron chi connectivity index (χ0n) is 11.2. The Morgan fingerprint density at radius 2 is 2.42 bits per heavy atom. The van der Waals surface area contributed by atoms with Crippen molar-refractivity contribution >= 4 is 11.6 Å². The van der Waals surface area contributed by atoms with Gasteiger partial charge < -0.3 is 20.9 Å². The first-order valence-electron chi connectivity index (χ1n) is 6.35. The van der Waals surface area contributed by atoms with Crippen LogP contribution in [0, 0.1) is 0 Å². The van der Waals surface area contributed by atoms with Crippen molar-refractivity contribution in [2.75, 3.05) is 25.5 Å². The van der Waals surface area contributed by atoms with Crippen LogP contribution in [0.1, 0.15) is 42.4 Å². The smallest absolute Gasteiger partial charge is 0.274 e. The molecule has 1 unspecified atom stereocenters. The molecule has 0 aliphatic carbocycles. The van der Waals surface area contributed by atoms with E-state index in [2.05, 4.69) is 15.5 Å². The number of aromatic amines is 1. The lowest BCUT2D eigenvalue weighted by Crippen LogP contribution is -2.43. The Hall–Kier alpha value is -1.60. The average Bonchev–Trinajstić information content (AvgIpc) is 2.93. The van der Waals surface area contributed by atoms with Crippen molar-refractivity contribution < 1.29 is 14.6 Å². The molecule has 7 heteroatoms. The molecule has 0 spiro atoms. The molecule has 19 heavy (non-hydrogen) atoms. The van der Waals surface area contributed by atoms with Gasteiger partial charge in [-0.05, 0) is 5.92 Å². The number of hydrogen-bond acceptors (Lipinski definition) is 5. The number of nitrogens with zero attached hydrogens (tertiary/aromatic N) is 1. The highest BCUT2D eigenvalue weighted by atomic mass is 16.5. The lowest BCUT2D eigenvalue weighted by atomic mass is 10.0. The molecule has 1 aromatic heterocycles. The maximum absolute atomic E-state index is 12.0. The number of carbonyl (C=O) groups is 1. The number of hydrogen-bond donors (Lipinski definition) is 4. The quantitative estimate of drug-likeness (QED) is 0.613. The molecule has 0 saturated carbocycles. The number of aromatic nitrogens is 2. The average molecular weight is 268 g/mol. The first-order chi connectivity index (χ1) is 8.93. The van der Waals surface area contributed by atoms with Crippen LogP contribution >= 0.6 is 0 Å². The molecule has 7 nitrogen and oxygen atoms in total. The van der Waals surface area contributed by atoms with E-state index in [9.17, 15) is 9.90 Å². The second kappa shape index (κ2) is 5.18. The van der Waals surface area contributed by atoms with Gasteiger partial charge in [-0.3, -0.25) is 9.89 Å². The van der Waals surface area contributed by atoms with Crippen LogP contribution in [0.2, 0.25) is 0 Å². The van der Waals surface area contributed by atoms with E-state index in [0.29, 0.717) is 18.7 Å². The summed E-state index contributed by atoms with van der Waals surface area (Å²) in [7, 11) is 0. The summed E-state index contributed by atoms with van der Waals surface area (Å²) in [5, 5.41) is 19.4. The molecular weight excluding hydrogens is 248 g/mol. The third-order valence-electron chi connectivity index (χ3n) is 3.29. The summed E-state index contributed by atoms with van der Waals surface area (Å²) >= 11 is 0. The van der Waals surface area contributed by atoms with Gasteiger partial charge in [0.15, 0.2) is 5.69 Å². The number of aliphatic hydroxyl groups is 1. The molecule has 5 N–H and O–H groups in total. The number of rotatable bonds is 4. The minimum absolute atomic E-state index is 0.134. The summed E-state index contributed by atoms with van der Waals surface area (Å²) in [5.74, 6) is -0.220. The standard InChI is InChI=1S/C12H20N4O3/c1-7(2)9-8(13)10(16-15-9)11(17)14-5-12(18)3-4-19-6-12/h7,18H,3-6,13H2,1-2H3,(H,14,17)(H,15,16). The van der Waals surface area contributed by atoms with Gasteiger partial charge in [-0.1, -0.05) is 13.8 Å². The topological polar surface area (TPSA) is 113 Å². The Morgan fingerprint density at radius 3 is 2.95 bits per heavy atom. The fraction of sp³-hybridized carbons (Fsp3) is 0.667. The van der Waals surface area contributed by atoms with Crippen molar-refractivity contribution in [2.45, 2.75) is 31.8 Å². The van der Waals surface area contributed by atoms with Gasteiger partial charge in [0.1, 0.15) is 5.60 Å². The Kier molecular flexibility index (Phi) is 3.77. The lowest BCUT2D eigenvalue weighted by Gasteiger charge is -2.20. The van der Waals surface area contributed by atoms with E-state index in [4.69, 9.17) is 10.5 Å². The van der Waals surface area contributed by atoms with E-state index < -0.39 is 5.60 Å². The summed E-state index contributed by atoms with van der Waals surface area (Å²) in [6.45, 7) is 4.80. The molecule has 0 bridgehead atoms. The maximum Gasteiger partial charge on any atom is 0.274 e. The van der Waals surface area contributed by atoms with Crippen LogP contribution in [0.15, 0.2) is 0 Å². The molecular formula is C12H20N4O3. The van der Waals surface area contributed by atoms with E-state index in [0.717, 1.165) is 5.69 Å². The second-order valence-corrected chi connectivity index (χ2v) is 5.26. The summed E-state index contributed by atoms with van der Waals surface area (Å²) < 4.78 is 5.11. The summed E-state index contributed by atoms with van der Waals surface area (Å²) in [6.07, 6.45) is 0.514. The van der Waals surface area contributed by atoms with Crippen LogP contribution in [0.5, 0.6) is 0 Å². The van der Waals surface area contributed by atoms with Gasteiger partial charge in [0.2, 0.25) is 0 Å². The predicted molar refractivity (Wildman–Crippen MR) is 69.8 cm³/mol. The zero-order valence-corrected chi connectivity index (χ0v) is 11.2. The number of anilines is 1. The molecule has 0 aromatic carbocycles. The Balaban J connectivity index is 2.00. The van der Waals surface area contributed by atoms with Gasteiger partial charge in [-0.25, -0.2) is 0 Å². The third kappa shape index (κ3) is 2.87. The molecule has 1 amide bonds. The van der Waals surface area contributed by atoms with Gasteiger partial charge in [0.05, 0.1) is 18.0 Å². The minimum Gasteiger partial charge on any atom is -0.395 e. The molecule has 1 aliphatic rings. The van der Waals surface area contributed by atoms with Crippen LogP contribution in [0.3, 0.4) is 0 Å². The molecule has 1 aromatic rings. The van der Waals surface area contributed by atoms with Gasteiger partial charge in [0.25, 0.3) is 5.91 Å². The van der Waals surface area contributed by atoms with Crippen LogP contribution in [-0.2, 0) is 4.74 Å². The van der Waals surface area contributed by atoms with Gasteiger partial charge >= 0.3 is 0 Å². The van der Waals surface area contributed by atoms with E-state index >= 15 is 0 Å². The fourth-order valence-corrected chi connectivity index (χ4v) is 2.04. The molecule has 2 rings (SSSR count). The van der Waals surface area contributed by atoms with Crippen molar-refractivity contribution in [3.8, 4) is 0 Å². The molecule has 106 valence electrons. The maximum atomic E-state index is 12.0. The Labute approximate surface area is 111 Å². The van der Waals surface area contributed by atoms with Crippen LogP contribution in [0.4, 0.5) is 5.69 Å². The van der Waals surface area contributed by atoms with E-state index in [1.807, 2.05) is 13.8 Å². The summed E-state index contributed by atoms with van der Waals surface area (Å²) in [4.78, 5) is 12.0. The molecule has 2 heterocycles. The Bertz CT molecular complexity index is 464. The lowest BCUT2D eigenvalue weighted by molar-refractivity contribution is 0.0264. The monoisotopic (exact) mass is 268 g/mol. The molecule has 1 fully saturated rings. The number of carbonyl (C=O) groups excluding carboxylic acids is 1. The highest BCUT2D eigenvalue weighted by Crippen LogP contribution is 2.22. The highest BCUT2D eigenvalue weighted by Gasteiger charge is 2.33. The normalized spacial score (nSPS) is 22.9. The zero-order chi connectivity index (χ0) is 14.0. The van der Waals surface area contributed by atoms with Crippen molar-refractivity contribution in [1.29, 1.82) is 0 Å². The summed E-state index contributed by atoms with van der Waals surface area (Å²) in [6, 6.07) is 0. The van der Waals surface area contributed by atoms with Crippen molar-refractivity contribution in [3.63, 3.8) is 0 Å². The van der Waals surface area contributed by atoms with Crippen LogP contribution < -0.4 is 11.1 Å². The van der Waals surface area contributed by atoms with Crippen LogP contribution in [0.25, 0.3) is 0 Å². The molecule has 1 aliphatic heterocycles. The molecule has 1 saturated heterocycles. The number of H-pyrrole nitrogens is 1. The Morgan fingerprint density at radius 1 is 1.68 bits per heavy atom. The molecule has 1 atom stereocenters. The van der Waals surface area contributed by atoms with Crippen LogP contribution in [-0.4, -0.2) is 46.6 Å². The van der Waals surface area contributed by atoms with E-state index in [1.165, 1.54) is 0 Å². The van der Waals surface area contributed by atoms with Gasteiger partial charge in [0, 0.05) is 19.6 Å². The second-order valence-electron chi connectivity index (χ2n) is 5.26. The van der Waals surface area contributed by atoms with Crippen molar-refractivity contribution in [1.82, 2.24) is 15.5 Å². The number of nitrogen functional groups attached to an aromatic ring is 1. The SMILES string of the molecule is CC(C)c1[nH]nc(C(=O)NCC2(O)CCOC2)c1N. The molecule has 0 radical (unpaired) electrons. The predicted octanol–water partition coefficient (Wildman–Crippen LogP) is -0.00350. The fourth-order valence-electron chi connectivity index (χ4n) is 2.04. The number of amides is 1. The number of nitrogens with one attached hydrogen (secondary N) is 2. The van der Waals surface area contributed by atoms with Crippen molar-refractivity contribution in [3.05, 3.63) is 11.4 Å².